The van der Waals surface area contributed by atoms with E-state index in [-0.39, 0.29) is 17.1 Å². The van der Waals surface area contributed by atoms with Gasteiger partial charge in [-0.15, -0.1) is 0 Å². The number of hydrogen-bond acceptors (Lipinski definition) is 6. The molecule has 2 heterocycles. The Kier molecular flexibility index (Phi) is 4.61. The molecule has 1 aliphatic rings. The van der Waals surface area contributed by atoms with Gasteiger partial charge in [0, 0.05) is 12.0 Å². The van der Waals surface area contributed by atoms with E-state index in [9.17, 15) is 10.1 Å². The molecular weight excluding hydrogens is 366 g/mol. The van der Waals surface area contributed by atoms with Crippen LogP contribution in [0, 0.1) is 11.3 Å². The van der Waals surface area contributed by atoms with E-state index in [0.717, 1.165) is 23.3 Å². The fraction of sp³-hybridized carbons (Fsp3) is 0.182. The Morgan fingerprint density at radius 3 is 2.83 bits per heavy atom. The van der Waals surface area contributed by atoms with Gasteiger partial charge in [0.05, 0.1) is 11.9 Å². The molecule has 0 amide bonds. The summed E-state index contributed by atoms with van der Waals surface area (Å²) in [5.41, 5.74) is 5.02. The van der Waals surface area contributed by atoms with Crippen LogP contribution in [-0.4, -0.2) is 21.8 Å². The van der Waals surface area contributed by atoms with Crippen LogP contribution in [0.3, 0.4) is 0 Å². The molecule has 7 nitrogen and oxygen atoms in total. The molecule has 29 heavy (non-hydrogen) atoms. The molecule has 1 aliphatic heterocycles. The van der Waals surface area contributed by atoms with Gasteiger partial charge in [-0.3, -0.25) is 9.78 Å². The van der Waals surface area contributed by atoms with Crippen LogP contribution in [0.15, 0.2) is 58.4 Å². The van der Waals surface area contributed by atoms with Crippen molar-refractivity contribution in [3.8, 4) is 23.1 Å². The summed E-state index contributed by atoms with van der Waals surface area (Å²) in [5, 5.41) is 13.5. The summed E-state index contributed by atoms with van der Waals surface area (Å²) in [6, 6.07) is 16.9. The Morgan fingerprint density at radius 1 is 1.28 bits per heavy atom. The molecule has 1 aromatic heterocycles. The van der Waals surface area contributed by atoms with E-state index in [1.807, 2.05) is 42.5 Å². The van der Waals surface area contributed by atoms with Crippen molar-refractivity contribution in [2.45, 2.75) is 25.9 Å². The van der Waals surface area contributed by atoms with Gasteiger partial charge < -0.3 is 4.74 Å². The summed E-state index contributed by atoms with van der Waals surface area (Å²) < 4.78 is 5.88. The van der Waals surface area contributed by atoms with Gasteiger partial charge in [0.25, 0.3) is 5.56 Å². The van der Waals surface area contributed by atoms with Gasteiger partial charge in [-0.25, -0.2) is 10.4 Å². The largest absolute Gasteiger partial charge is 0.487 e. The quantitative estimate of drug-likeness (QED) is 0.529. The molecule has 3 aromatic rings. The molecular formula is C22H19N5O2. The highest BCUT2D eigenvalue weighted by atomic mass is 16.5. The molecule has 0 aliphatic carbocycles. The maximum atomic E-state index is 12.3. The first-order chi connectivity index (χ1) is 13.9. The molecule has 0 unspecified atom stereocenters. The predicted octanol–water partition coefficient (Wildman–Crippen LogP) is 3.47. The fourth-order valence-electron chi connectivity index (χ4n) is 3.31. The summed E-state index contributed by atoms with van der Waals surface area (Å²) in [7, 11) is 0. The van der Waals surface area contributed by atoms with Crippen molar-refractivity contribution in [2.75, 3.05) is 5.43 Å². The van der Waals surface area contributed by atoms with Gasteiger partial charge in [0.15, 0.2) is 0 Å². The van der Waals surface area contributed by atoms with E-state index in [4.69, 9.17) is 4.74 Å². The summed E-state index contributed by atoms with van der Waals surface area (Å²) in [6.45, 7) is 4.11. The number of hydrogen-bond donors (Lipinski definition) is 2. The van der Waals surface area contributed by atoms with Crippen LogP contribution >= 0.6 is 0 Å². The Labute approximate surface area is 167 Å². The molecule has 7 heteroatoms. The molecule has 0 fully saturated rings. The highest BCUT2D eigenvalue weighted by Gasteiger charge is 2.29. The number of rotatable bonds is 4. The monoisotopic (exact) mass is 385 g/mol. The van der Waals surface area contributed by atoms with E-state index < -0.39 is 5.56 Å². The van der Waals surface area contributed by atoms with E-state index in [1.54, 1.807) is 18.3 Å². The van der Waals surface area contributed by atoms with Crippen LogP contribution in [0.2, 0.25) is 0 Å². The number of aromatic amines is 1. The standard InChI is InChI=1S/C22H19N5O2/c1-22(2)11-16-10-14(8-9-18(16)29-22)13-24-27-21-25-19(15-6-4-3-5-7-15)17(12-23)20(28)26-21/h3-10,13H,11H2,1-2H3,(H2,25,26,27,28). The number of nitrogens with zero attached hydrogens (tertiary/aromatic N) is 3. The number of fused-ring (bicyclic) bond motifs is 1. The topological polar surface area (TPSA) is 103 Å². The third kappa shape index (κ3) is 3.87. The Bertz CT molecular complexity index is 1190. The van der Waals surface area contributed by atoms with Gasteiger partial charge >= 0.3 is 0 Å². The van der Waals surface area contributed by atoms with Crippen molar-refractivity contribution in [2.24, 2.45) is 5.10 Å². The third-order valence-electron chi connectivity index (χ3n) is 4.55. The molecule has 0 saturated carbocycles. The van der Waals surface area contributed by atoms with Gasteiger partial charge in [-0.1, -0.05) is 30.3 Å². The second kappa shape index (κ2) is 7.24. The van der Waals surface area contributed by atoms with E-state index in [1.165, 1.54) is 0 Å². The molecule has 144 valence electrons. The first-order valence-electron chi connectivity index (χ1n) is 9.16. The van der Waals surface area contributed by atoms with Crippen LogP contribution in [0.25, 0.3) is 11.3 Å². The SMILES string of the molecule is CC1(C)Cc2cc(C=NNc3nc(-c4ccccc4)c(C#N)c(=O)[nH]3)ccc2O1. The lowest BCUT2D eigenvalue weighted by atomic mass is 10.0. The number of aromatic nitrogens is 2. The van der Waals surface area contributed by atoms with Crippen molar-refractivity contribution in [3.05, 3.63) is 75.6 Å². The number of anilines is 1. The van der Waals surface area contributed by atoms with Crippen molar-refractivity contribution in [3.63, 3.8) is 0 Å². The number of benzene rings is 2. The number of hydrazone groups is 1. The molecule has 0 atom stereocenters. The van der Waals surface area contributed by atoms with E-state index in [0.29, 0.717) is 11.3 Å². The second-order valence-electron chi connectivity index (χ2n) is 7.39. The minimum absolute atomic E-state index is 0.0352. The van der Waals surface area contributed by atoms with Crippen LogP contribution in [0.1, 0.15) is 30.5 Å². The number of nitriles is 1. The third-order valence-corrected chi connectivity index (χ3v) is 4.55. The highest BCUT2D eigenvalue weighted by Crippen LogP contribution is 2.34. The highest BCUT2D eigenvalue weighted by molar-refractivity contribution is 5.81. The average Bonchev–Trinajstić information content (AvgIpc) is 3.01. The Hall–Kier alpha value is -3.92. The lowest BCUT2D eigenvalue weighted by Crippen LogP contribution is -2.24. The molecule has 2 aromatic carbocycles. The first kappa shape index (κ1) is 18.4. The summed E-state index contributed by atoms with van der Waals surface area (Å²) in [4.78, 5) is 19.2. The molecule has 0 spiro atoms. The molecule has 2 N–H and O–H groups in total. The zero-order valence-electron chi connectivity index (χ0n) is 16.1. The maximum absolute atomic E-state index is 12.3. The first-order valence-corrected chi connectivity index (χ1v) is 9.16. The maximum Gasteiger partial charge on any atom is 0.270 e. The zero-order chi connectivity index (χ0) is 20.4. The fourth-order valence-corrected chi connectivity index (χ4v) is 3.31. The van der Waals surface area contributed by atoms with E-state index >= 15 is 0 Å². The number of nitrogens with one attached hydrogen (secondary N) is 2. The number of H-pyrrole nitrogens is 1. The predicted molar refractivity (Wildman–Crippen MR) is 111 cm³/mol. The van der Waals surface area contributed by atoms with Crippen molar-refractivity contribution >= 4 is 12.2 Å². The molecule has 0 bridgehead atoms. The lowest BCUT2D eigenvalue weighted by Gasteiger charge is -2.16. The summed E-state index contributed by atoms with van der Waals surface area (Å²) in [5.74, 6) is 1.06. The summed E-state index contributed by atoms with van der Waals surface area (Å²) in [6.07, 6.45) is 2.48. The van der Waals surface area contributed by atoms with Gasteiger partial charge in [-0.05, 0) is 43.2 Å². The smallest absolute Gasteiger partial charge is 0.270 e. The van der Waals surface area contributed by atoms with Crippen LogP contribution < -0.4 is 15.7 Å². The zero-order valence-corrected chi connectivity index (χ0v) is 16.1. The van der Waals surface area contributed by atoms with Crippen molar-refractivity contribution in [1.82, 2.24) is 9.97 Å². The average molecular weight is 385 g/mol. The molecule has 0 radical (unpaired) electrons. The van der Waals surface area contributed by atoms with Gasteiger partial charge in [0.1, 0.15) is 23.0 Å². The molecule has 0 saturated heterocycles. The van der Waals surface area contributed by atoms with Crippen LogP contribution in [0.5, 0.6) is 5.75 Å². The second-order valence-corrected chi connectivity index (χ2v) is 7.39. The Balaban J connectivity index is 1.58. The van der Waals surface area contributed by atoms with Gasteiger partial charge in [0.2, 0.25) is 5.95 Å². The normalized spacial score (nSPS) is 14.2. The van der Waals surface area contributed by atoms with Crippen molar-refractivity contribution < 1.29 is 4.74 Å². The van der Waals surface area contributed by atoms with Crippen LogP contribution in [-0.2, 0) is 6.42 Å². The minimum Gasteiger partial charge on any atom is -0.487 e. The Morgan fingerprint density at radius 2 is 2.07 bits per heavy atom. The van der Waals surface area contributed by atoms with Crippen molar-refractivity contribution in [1.29, 1.82) is 5.26 Å². The van der Waals surface area contributed by atoms with Crippen LogP contribution in [0.4, 0.5) is 5.95 Å². The lowest BCUT2D eigenvalue weighted by molar-refractivity contribution is 0.138. The minimum atomic E-state index is -0.518. The number of ether oxygens (including phenoxy) is 1. The van der Waals surface area contributed by atoms with Gasteiger partial charge in [-0.2, -0.15) is 10.4 Å². The molecule has 4 rings (SSSR count). The summed E-state index contributed by atoms with van der Waals surface area (Å²) >= 11 is 0. The van der Waals surface area contributed by atoms with E-state index in [2.05, 4.69) is 34.3 Å².